The first-order valence-corrected chi connectivity index (χ1v) is 7.56. The van der Waals surface area contributed by atoms with Crippen molar-refractivity contribution in [3.05, 3.63) is 34.9 Å². The summed E-state index contributed by atoms with van der Waals surface area (Å²) in [5.74, 6) is 0.741. The van der Waals surface area contributed by atoms with Crippen molar-refractivity contribution >= 4 is 0 Å². The van der Waals surface area contributed by atoms with E-state index in [0.717, 1.165) is 12.5 Å². The fraction of sp³-hybridized carbons (Fsp3) is 0.647. The molecule has 1 aliphatic rings. The molecule has 2 rings (SSSR count). The highest BCUT2D eigenvalue weighted by molar-refractivity contribution is 5.36. The number of aryl methyl sites for hydroxylation is 2. The zero-order valence-corrected chi connectivity index (χ0v) is 13.1. The number of nitrogens with one attached hydrogen (secondary N) is 1. The summed E-state index contributed by atoms with van der Waals surface area (Å²) in [4.78, 5) is 0. The zero-order valence-electron chi connectivity index (χ0n) is 13.1. The van der Waals surface area contributed by atoms with E-state index in [9.17, 15) is 0 Å². The number of benzene rings is 1. The molecule has 0 aliphatic carbocycles. The van der Waals surface area contributed by atoms with Crippen LogP contribution in [0.3, 0.4) is 0 Å². The molecule has 104 valence electrons. The average molecular weight is 249 g/mol. The Morgan fingerprint density at radius 2 is 1.56 bits per heavy atom. The predicted molar refractivity (Wildman–Crippen MR) is 83.5 cm³/mol. The van der Waals surface area contributed by atoms with Crippen LogP contribution in [-0.4, -0.2) is 13.1 Å². The fourth-order valence-electron chi connectivity index (χ4n) is 2.57. The van der Waals surface area contributed by atoms with Crippen molar-refractivity contribution in [2.45, 2.75) is 60.3 Å². The smallest absolute Gasteiger partial charge is 0.00203 e. The summed E-state index contributed by atoms with van der Waals surface area (Å²) < 4.78 is 0. The highest BCUT2D eigenvalue weighted by Crippen LogP contribution is 2.28. The van der Waals surface area contributed by atoms with Crippen molar-refractivity contribution in [1.29, 1.82) is 0 Å². The first-order valence-electron chi connectivity index (χ1n) is 7.56. The lowest BCUT2D eigenvalue weighted by Crippen LogP contribution is -2.29. The van der Waals surface area contributed by atoms with Crippen molar-refractivity contribution in [2.75, 3.05) is 13.1 Å². The molecule has 1 saturated heterocycles. The molecule has 1 heterocycles. The van der Waals surface area contributed by atoms with Crippen LogP contribution in [-0.2, 0) is 0 Å². The van der Waals surface area contributed by atoms with Crippen LogP contribution >= 0.6 is 0 Å². The van der Waals surface area contributed by atoms with Crippen LogP contribution in [0.2, 0.25) is 0 Å². The van der Waals surface area contributed by atoms with Gasteiger partial charge >= 0.3 is 0 Å². The van der Waals surface area contributed by atoms with Crippen LogP contribution in [0.15, 0.2) is 18.2 Å². The third kappa shape index (κ3) is 4.81. The molecule has 1 nitrogen and oxygen atoms in total. The van der Waals surface area contributed by atoms with Gasteiger partial charge < -0.3 is 5.32 Å². The van der Waals surface area contributed by atoms with Crippen LogP contribution in [0.5, 0.6) is 0 Å². The molecule has 1 aromatic rings. The summed E-state index contributed by atoms with van der Waals surface area (Å²) in [6.07, 6.45) is 2.66. The predicted octanol–water partition coefficient (Wildman–Crippen LogP) is 4.82. The Morgan fingerprint density at radius 3 is 2.00 bits per heavy atom. The van der Waals surface area contributed by atoms with Crippen molar-refractivity contribution < 1.29 is 0 Å². The Labute approximate surface area is 114 Å². The summed E-state index contributed by atoms with van der Waals surface area (Å²) in [5.41, 5.74) is 4.50. The Bertz CT molecular complexity index is 291. The third-order valence-electron chi connectivity index (χ3n) is 3.25. The maximum atomic E-state index is 3.49. The molecule has 1 aromatic carbocycles. The molecule has 1 N–H and O–H groups in total. The average Bonchev–Trinajstić information content (AvgIpc) is 2.44. The maximum absolute atomic E-state index is 3.49. The molecule has 0 aromatic heterocycles. The van der Waals surface area contributed by atoms with Gasteiger partial charge in [-0.05, 0) is 55.8 Å². The van der Waals surface area contributed by atoms with E-state index >= 15 is 0 Å². The molecular weight excluding hydrogens is 218 g/mol. The first-order chi connectivity index (χ1) is 8.79. The molecule has 0 saturated carbocycles. The van der Waals surface area contributed by atoms with E-state index in [1.807, 2.05) is 27.7 Å². The van der Waals surface area contributed by atoms with E-state index in [1.54, 1.807) is 5.56 Å². The van der Waals surface area contributed by atoms with Crippen molar-refractivity contribution in [1.82, 2.24) is 5.32 Å². The van der Waals surface area contributed by atoms with E-state index in [0.29, 0.717) is 0 Å². The van der Waals surface area contributed by atoms with Gasteiger partial charge in [0.05, 0.1) is 0 Å². The lowest BCUT2D eigenvalue weighted by molar-refractivity contribution is 0.459. The molecule has 1 fully saturated rings. The molecule has 0 bridgehead atoms. The van der Waals surface area contributed by atoms with E-state index < -0.39 is 0 Å². The van der Waals surface area contributed by atoms with Gasteiger partial charge in [0.2, 0.25) is 0 Å². The van der Waals surface area contributed by atoms with Gasteiger partial charge in [0, 0.05) is 6.54 Å². The van der Waals surface area contributed by atoms with E-state index in [4.69, 9.17) is 0 Å². The molecule has 18 heavy (non-hydrogen) atoms. The van der Waals surface area contributed by atoms with E-state index in [-0.39, 0.29) is 0 Å². The summed E-state index contributed by atoms with van der Waals surface area (Å²) in [5, 5.41) is 3.49. The summed E-state index contributed by atoms with van der Waals surface area (Å²) in [7, 11) is 0. The Kier molecular flexibility index (Phi) is 9.67. The molecule has 0 radical (unpaired) electrons. The minimum atomic E-state index is 0.741. The second-order valence-corrected chi connectivity index (χ2v) is 4.35. The first kappa shape index (κ1) is 17.2. The minimum absolute atomic E-state index is 0.741. The Balaban J connectivity index is 0.000000659. The zero-order chi connectivity index (χ0) is 14.0. The lowest BCUT2D eigenvalue weighted by Gasteiger charge is -2.26. The molecule has 0 amide bonds. The third-order valence-corrected chi connectivity index (χ3v) is 3.25. The monoisotopic (exact) mass is 249 g/mol. The number of hydrogen-bond donors (Lipinski definition) is 1. The van der Waals surface area contributed by atoms with Crippen LogP contribution in [0.4, 0.5) is 0 Å². The highest BCUT2D eigenvalue weighted by atomic mass is 14.9. The van der Waals surface area contributed by atoms with Crippen LogP contribution in [0, 0.1) is 13.8 Å². The number of hydrogen-bond acceptors (Lipinski definition) is 1. The SMILES string of the molecule is CC.CC.Cc1cccc(C)c1C1CCCNC1. The minimum Gasteiger partial charge on any atom is -0.316 e. The van der Waals surface area contributed by atoms with Gasteiger partial charge in [0.25, 0.3) is 0 Å². The molecular formula is C17H31N. The number of rotatable bonds is 1. The Hall–Kier alpha value is -0.820. The van der Waals surface area contributed by atoms with Gasteiger partial charge in [-0.2, -0.15) is 0 Å². The van der Waals surface area contributed by atoms with Crippen LogP contribution < -0.4 is 5.32 Å². The van der Waals surface area contributed by atoms with E-state index in [1.165, 1.54) is 30.5 Å². The van der Waals surface area contributed by atoms with E-state index in [2.05, 4.69) is 37.4 Å². The van der Waals surface area contributed by atoms with Gasteiger partial charge in [-0.25, -0.2) is 0 Å². The van der Waals surface area contributed by atoms with Crippen molar-refractivity contribution in [3.63, 3.8) is 0 Å². The normalized spacial score (nSPS) is 18.0. The molecule has 1 aliphatic heterocycles. The largest absolute Gasteiger partial charge is 0.316 e. The topological polar surface area (TPSA) is 12.0 Å². The molecule has 1 heteroatoms. The highest BCUT2D eigenvalue weighted by Gasteiger charge is 2.18. The van der Waals surface area contributed by atoms with Gasteiger partial charge in [-0.3, -0.25) is 0 Å². The molecule has 1 atom stereocenters. The second-order valence-electron chi connectivity index (χ2n) is 4.35. The van der Waals surface area contributed by atoms with Crippen LogP contribution in [0.1, 0.15) is 63.1 Å². The van der Waals surface area contributed by atoms with Crippen molar-refractivity contribution in [3.8, 4) is 0 Å². The maximum Gasteiger partial charge on any atom is 0.00203 e. The quantitative estimate of drug-likeness (QED) is 0.752. The molecule has 0 spiro atoms. The van der Waals surface area contributed by atoms with Gasteiger partial charge in [0.15, 0.2) is 0 Å². The Morgan fingerprint density at radius 1 is 1.00 bits per heavy atom. The summed E-state index contributed by atoms with van der Waals surface area (Å²) in [6, 6.07) is 6.62. The van der Waals surface area contributed by atoms with Gasteiger partial charge in [-0.15, -0.1) is 0 Å². The standard InChI is InChI=1S/C13H19N.2C2H6/c1-10-5-3-6-11(2)13(10)12-7-4-8-14-9-12;2*1-2/h3,5-6,12,14H,4,7-9H2,1-2H3;2*1-2H3. The second kappa shape index (κ2) is 10.1. The van der Waals surface area contributed by atoms with Crippen molar-refractivity contribution in [2.24, 2.45) is 0 Å². The number of piperidine rings is 1. The fourth-order valence-corrected chi connectivity index (χ4v) is 2.57. The van der Waals surface area contributed by atoms with Crippen LogP contribution in [0.25, 0.3) is 0 Å². The summed E-state index contributed by atoms with van der Waals surface area (Å²) >= 11 is 0. The van der Waals surface area contributed by atoms with Gasteiger partial charge in [-0.1, -0.05) is 45.9 Å². The van der Waals surface area contributed by atoms with Gasteiger partial charge in [0.1, 0.15) is 0 Å². The lowest BCUT2D eigenvalue weighted by atomic mass is 9.86. The summed E-state index contributed by atoms with van der Waals surface area (Å²) in [6.45, 7) is 14.8. The molecule has 1 unspecified atom stereocenters.